The minimum Gasteiger partial charge on any atom is -0.491 e. The molecule has 4 aromatic carbocycles. The van der Waals surface area contributed by atoms with Gasteiger partial charge in [0.05, 0.1) is 123 Å². The fourth-order valence-corrected chi connectivity index (χ4v) is 11.6. The molecule has 0 aliphatic carbocycles. The number of nitrogens with zero attached hydrogens (tertiary/aromatic N) is 6. The molecule has 0 unspecified atom stereocenters. The van der Waals surface area contributed by atoms with E-state index in [-0.39, 0.29) is 282 Å². The Labute approximate surface area is 521 Å². The molecule has 0 amide bonds. The van der Waals surface area contributed by atoms with Gasteiger partial charge in [-0.15, -0.1) is 0 Å². The van der Waals surface area contributed by atoms with E-state index in [2.05, 4.69) is 9.97 Å². The Hall–Kier alpha value is -5.20. The lowest BCUT2D eigenvalue weighted by Gasteiger charge is -2.18. The van der Waals surface area contributed by atoms with E-state index in [1.54, 1.807) is 0 Å². The van der Waals surface area contributed by atoms with Gasteiger partial charge in [-0.05, 0) is 25.7 Å². The molecule has 0 radical (unpaired) electrons. The molecule has 0 saturated heterocycles. The summed E-state index contributed by atoms with van der Waals surface area (Å²) in [5, 5.41) is 1.18. The maximum Gasteiger partial charge on any atom is 0.168 e. The molecule has 0 spiro atoms. The van der Waals surface area contributed by atoms with Crippen LogP contribution in [0.2, 0.25) is 40.2 Å². The molecule has 2 N–H and O–H groups in total. The van der Waals surface area contributed by atoms with Crippen molar-refractivity contribution >= 4 is 137 Å². The van der Waals surface area contributed by atoms with E-state index in [9.17, 15) is 0 Å². The average molecular weight is 1310 g/mol. The molecule has 28 heteroatoms. The number of ether oxygens (including phenoxy) is 12. The number of halogens is 8. The predicted octanol–water partition coefficient (Wildman–Crippen LogP) is 14.9. The van der Waals surface area contributed by atoms with Crippen LogP contribution in [-0.2, 0) is 18.9 Å². The van der Waals surface area contributed by atoms with Gasteiger partial charge in [0.25, 0.3) is 0 Å². The van der Waals surface area contributed by atoms with Gasteiger partial charge in [0.15, 0.2) is 69.3 Å². The Morgan fingerprint density at radius 3 is 0.905 bits per heavy atom. The lowest BCUT2D eigenvalue weighted by Crippen LogP contribution is -2.14. The summed E-state index contributed by atoms with van der Waals surface area (Å²) in [5.41, 5.74) is 1.40. The summed E-state index contributed by atoms with van der Waals surface area (Å²) in [6, 6.07) is 0. The van der Waals surface area contributed by atoms with E-state index in [0.29, 0.717) is 25.7 Å². The van der Waals surface area contributed by atoms with Crippen molar-refractivity contribution < 1.29 is 56.8 Å². The fourth-order valence-electron chi connectivity index (χ4n) is 9.68. The fraction of sp³-hybridized carbons (Fsp3) is 0.429. The molecule has 8 bridgehead atoms. The Bertz CT molecular complexity index is 3630. The van der Waals surface area contributed by atoms with Crippen LogP contribution in [0.15, 0.2) is 0 Å². The van der Waals surface area contributed by atoms with Crippen molar-refractivity contribution in [2.24, 2.45) is 0 Å². The second-order valence-electron chi connectivity index (χ2n) is 19.0. The van der Waals surface area contributed by atoms with Gasteiger partial charge in [0, 0.05) is 0 Å². The number of hydrogen-bond donors (Lipinski definition) is 2. The van der Waals surface area contributed by atoms with Crippen molar-refractivity contribution in [3.05, 3.63) is 40.2 Å². The van der Waals surface area contributed by atoms with Gasteiger partial charge < -0.3 is 66.8 Å². The first-order valence-corrected chi connectivity index (χ1v) is 30.3. The average Bonchev–Trinajstić information content (AvgIpc) is 2.41. The standard InChI is InChI=1S/C56H54Cl8N8O12/c1-5-9-77-41-25-29-45(37(61)33(41)57)81-21-17-73-13-14-74-19-23-83-47-31-27(43(79-11-7-3)35(59)39(47)63)51-66-52-28-32-48(40(64)36(60)44(28)80-12-8-4)84-24-20-76-16-15-75-18-22-82-46-30-26(42(78-10-6-2)34(58)38(46)62)50(68-55(30)72-56(32)70-52)65-49(25)67-53(29)71-54(31)69-51/h5-24H2,1-4H3,(H2,65,66,67,68,69,70,71,72). The topological polar surface area (TPSA) is 220 Å². The molecule has 84 heavy (non-hydrogen) atoms. The highest BCUT2D eigenvalue weighted by Gasteiger charge is 2.38. The quantitative estimate of drug-likeness (QED) is 0.116. The summed E-state index contributed by atoms with van der Waals surface area (Å²) in [7, 11) is 0. The Morgan fingerprint density at radius 2 is 0.571 bits per heavy atom. The first kappa shape index (κ1) is 60.5. The van der Waals surface area contributed by atoms with Crippen LogP contribution in [0, 0.1) is 0 Å². The molecule has 0 fully saturated rings. The molecule has 7 heterocycles. The second kappa shape index (κ2) is 26.8. The van der Waals surface area contributed by atoms with Gasteiger partial charge in [-0.25, -0.2) is 29.9 Å². The summed E-state index contributed by atoms with van der Waals surface area (Å²) in [5.74, 6) is 0.983. The zero-order valence-corrected chi connectivity index (χ0v) is 51.8. The van der Waals surface area contributed by atoms with Gasteiger partial charge >= 0.3 is 0 Å². The van der Waals surface area contributed by atoms with Gasteiger partial charge in [-0.3, -0.25) is 0 Å². The molecular weight excluding hydrogens is 1260 g/mol. The first-order chi connectivity index (χ1) is 40.9. The number of benzene rings is 4. The summed E-state index contributed by atoms with van der Waals surface area (Å²) >= 11 is 58.4. The number of rotatable bonds is 12. The Kier molecular flexibility index (Phi) is 19.3. The first-order valence-electron chi connectivity index (χ1n) is 27.3. The van der Waals surface area contributed by atoms with E-state index in [1.807, 2.05) is 27.7 Å². The molecule has 11 rings (SSSR count). The maximum atomic E-state index is 7.31. The third-order valence-corrected chi connectivity index (χ3v) is 16.5. The summed E-state index contributed by atoms with van der Waals surface area (Å²) in [6.07, 6.45) is 2.32. The van der Waals surface area contributed by atoms with Crippen molar-refractivity contribution in [3.63, 3.8) is 0 Å². The van der Waals surface area contributed by atoms with E-state index in [4.69, 9.17) is 180 Å². The molecular formula is C56H54Cl8N8O12. The van der Waals surface area contributed by atoms with Gasteiger partial charge in [0.1, 0.15) is 89.2 Å². The number of nitrogens with one attached hydrogen (secondary N) is 2. The van der Waals surface area contributed by atoms with Crippen LogP contribution in [0.4, 0.5) is 0 Å². The number of H-pyrrole nitrogens is 2. The molecule has 20 nitrogen and oxygen atoms in total. The molecule has 0 saturated carbocycles. The smallest absolute Gasteiger partial charge is 0.168 e. The third kappa shape index (κ3) is 11.4. The number of aromatic nitrogens is 8. The number of fused-ring (bicyclic) bond motifs is 8. The van der Waals surface area contributed by atoms with Crippen molar-refractivity contribution in [2.45, 2.75) is 53.4 Å². The summed E-state index contributed by atoms with van der Waals surface area (Å²) in [6.45, 7) is 10.0. The molecule has 0 atom stereocenters. The lowest BCUT2D eigenvalue weighted by molar-refractivity contribution is 0.0276. The maximum absolute atomic E-state index is 7.31. The Morgan fingerprint density at radius 1 is 0.310 bits per heavy atom. The van der Waals surface area contributed by atoms with Crippen LogP contribution in [0.5, 0.6) is 46.0 Å². The van der Waals surface area contributed by atoms with Crippen molar-refractivity contribution in [3.8, 4) is 91.5 Å². The lowest BCUT2D eigenvalue weighted by atomic mass is 10.1. The third-order valence-electron chi connectivity index (χ3n) is 13.2. The number of aromatic amines is 2. The molecule has 3 aromatic heterocycles. The highest BCUT2D eigenvalue weighted by molar-refractivity contribution is 6.48. The molecule has 4 aliphatic heterocycles. The van der Waals surface area contributed by atoms with Gasteiger partial charge in [0.2, 0.25) is 0 Å². The SMILES string of the molecule is CCCOc1c(Cl)c(Cl)c2c3c1-c1nc-3nc3[nH]c(nc4nc5nc6[nH]c(n1)c1c(OCCC)c(Cl)c(Cl)c(c61)OCCOCCOCCOc1c(Cl)c(Cl)c(OCCC)c-4c1-5)c1c(OCCC)c(Cl)c(Cl)c(c31)OCCOCCOCCO2. The monoisotopic (exact) mass is 1310 g/mol. The van der Waals surface area contributed by atoms with E-state index in [1.165, 1.54) is 0 Å². The van der Waals surface area contributed by atoms with E-state index < -0.39 is 0 Å². The summed E-state index contributed by atoms with van der Waals surface area (Å²) in [4.78, 5) is 38.8. The van der Waals surface area contributed by atoms with Crippen molar-refractivity contribution in [1.82, 2.24) is 39.9 Å². The molecule has 446 valence electrons. The van der Waals surface area contributed by atoms with Crippen LogP contribution >= 0.6 is 92.8 Å². The van der Waals surface area contributed by atoms with Gasteiger partial charge in [-0.1, -0.05) is 121 Å². The zero-order chi connectivity index (χ0) is 58.8. The highest BCUT2D eigenvalue weighted by Crippen LogP contribution is 2.58. The van der Waals surface area contributed by atoms with Crippen molar-refractivity contribution in [1.29, 1.82) is 0 Å². The van der Waals surface area contributed by atoms with E-state index in [0.717, 1.165) is 0 Å². The van der Waals surface area contributed by atoms with Crippen LogP contribution in [0.3, 0.4) is 0 Å². The van der Waals surface area contributed by atoms with Crippen LogP contribution in [0.25, 0.3) is 89.7 Å². The largest absolute Gasteiger partial charge is 0.491 e. The minimum absolute atomic E-state index is 0.000695. The van der Waals surface area contributed by atoms with Crippen molar-refractivity contribution in [2.75, 3.05) is 106 Å². The van der Waals surface area contributed by atoms with E-state index >= 15 is 0 Å². The number of hydrogen-bond acceptors (Lipinski definition) is 18. The zero-order valence-electron chi connectivity index (χ0n) is 45.7. The van der Waals surface area contributed by atoms with Crippen LogP contribution < -0.4 is 37.9 Å². The summed E-state index contributed by atoms with van der Waals surface area (Å²) < 4.78 is 76.1. The van der Waals surface area contributed by atoms with Gasteiger partial charge in [-0.2, -0.15) is 0 Å². The normalized spacial score (nSPS) is 14.9. The Balaban J connectivity index is 1.42. The molecule has 7 aromatic rings. The molecule has 4 aliphatic rings. The van der Waals surface area contributed by atoms with Crippen LogP contribution in [-0.4, -0.2) is 146 Å². The second-order valence-corrected chi connectivity index (χ2v) is 22.0. The predicted molar refractivity (Wildman–Crippen MR) is 325 cm³/mol. The highest BCUT2D eigenvalue weighted by atomic mass is 35.5. The minimum atomic E-state index is -0.000695. The van der Waals surface area contributed by atoms with Crippen LogP contribution in [0.1, 0.15) is 53.4 Å².